The van der Waals surface area contributed by atoms with Crippen LogP contribution in [0.1, 0.15) is 25.5 Å². The third-order valence-corrected chi connectivity index (χ3v) is 5.97. The Hall–Kier alpha value is -2.33. The number of rotatable bonds is 5. The average molecular weight is 415 g/mol. The number of halogens is 3. The van der Waals surface area contributed by atoms with Crippen LogP contribution in [-0.2, 0) is 16.2 Å². The highest BCUT2D eigenvalue weighted by atomic mass is 32.2. The Morgan fingerprint density at radius 1 is 1.19 bits per heavy atom. The predicted molar refractivity (Wildman–Crippen MR) is 98.2 cm³/mol. The number of sulfonamides is 1. The summed E-state index contributed by atoms with van der Waals surface area (Å²) in [5.41, 5.74) is -0.837. The highest BCUT2D eigenvalue weighted by Gasteiger charge is 2.31. The van der Waals surface area contributed by atoms with E-state index in [1.165, 1.54) is 28.3 Å². The predicted octanol–water partition coefficient (Wildman–Crippen LogP) is 5.01. The lowest BCUT2D eigenvalue weighted by Crippen LogP contribution is -2.14. The number of alkyl halides is 3. The molecule has 0 unspecified atom stereocenters. The van der Waals surface area contributed by atoms with Crippen LogP contribution >= 0.6 is 11.3 Å². The fourth-order valence-corrected chi connectivity index (χ4v) is 4.38. The third-order valence-electron chi connectivity index (χ3n) is 3.71. The Labute approximate surface area is 158 Å². The summed E-state index contributed by atoms with van der Waals surface area (Å²) in [6, 6.07) is 7.48. The van der Waals surface area contributed by atoms with Gasteiger partial charge in [-0.1, -0.05) is 12.1 Å². The van der Waals surface area contributed by atoms with Crippen molar-refractivity contribution in [3.05, 3.63) is 53.5 Å². The van der Waals surface area contributed by atoms with Gasteiger partial charge in [0.2, 0.25) is 0 Å². The summed E-state index contributed by atoms with van der Waals surface area (Å²) >= 11 is 1.33. The van der Waals surface area contributed by atoms with Gasteiger partial charge in [0.25, 0.3) is 10.0 Å². The Kier molecular flexibility index (Phi) is 5.04. The zero-order valence-corrected chi connectivity index (χ0v) is 16.0. The molecule has 0 bridgehead atoms. The number of anilines is 1. The van der Waals surface area contributed by atoms with Crippen LogP contribution in [0.4, 0.5) is 18.9 Å². The van der Waals surface area contributed by atoms with Crippen LogP contribution in [0.3, 0.4) is 0 Å². The van der Waals surface area contributed by atoms with Gasteiger partial charge in [-0.05, 0) is 43.5 Å². The first-order valence-corrected chi connectivity index (χ1v) is 10.3. The first-order chi connectivity index (χ1) is 12.6. The normalized spacial score (nSPS) is 12.5. The summed E-state index contributed by atoms with van der Waals surface area (Å²) in [5.74, 6) is 0. The molecule has 3 aromatic rings. The minimum Gasteiger partial charge on any atom is -0.280 e. The summed E-state index contributed by atoms with van der Waals surface area (Å²) < 4.78 is 68.1. The van der Waals surface area contributed by atoms with Crippen LogP contribution < -0.4 is 4.72 Å². The summed E-state index contributed by atoms with van der Waals surface area (Å²) in [4.78, 5) is 0.565. The standard InChI is InChI=1S/C17H16F3N3O2S2/c1-11(2)23-10-15(16(21-23)14-7-4-8-26-14)27(24,25)22-13-6-3-5-12(9-13)17(18,19)20/h3-11,22H,1-2H3. The highest BCUT2D eigenvalue weighted by Crippen LogP contribution is 2.33. The van der Waals surface area contributed by atoms with E-state index in [9.17, 15) is 21.6 Å². The maximum absolute atomic E-state index is 12.9. The van der Waals surface area contributed by atoms with E-state index >= 15 is 0 Å². The lowest BCUT2D eigenvalue weighted by Gasteiger charge is -2.11. The fraction of sp³-hybridized carbons (Fsp3) is 0.235. The smallest absolute Gasteiger partial charge is 0.280 e. The molecule has 2 aromatic heterocycles. The van der Waals surface area contributed by atoms with Gasteiger partial charge in [-0.2, -0.15) is 18.3 Å². The largest absolute Gasteiger partial charge is 0.416 e. The van der Waals surface area contributed by atoms with Gasteiger partial charge >= 0.3 is 6.18 Å². The molecule has 1 aromatic carbocycles. The van der Waals surface area contributed by atoms with E-state index in [1.807, 2.05) is 13.8 Å². The van der Waals surface area contributed by atoms with Crippen molar-refractivity contribution in [2.24, 2.45) is 0 Å². The van der Waals surface area contributed by atoms with Crippen molar-refractivity contribution in [2.45, 2.75) is 31.0 Å². The van der Waals surface area contributed by atoms with Gasteiger partial charge in [-0.3, -0.25) is 9.40 Å². The number of benzene rings is 1. The van der Waals surface area contributed by atoms with Crippen LogP contribution in [0, 0.1) is 0 Å². The molecular formula is C17H16F3N3O2S2. The van der Waals surface area contributed by atoms with Gasteiger partial charge in [-0.15, -0.1) is 11.3 Å². The monoisotopic (exact) mass is 415 g/mol. The minimum atomic E-state index is -4.56. The van der Waals surface area contributed by atoms with E-state index < -0.39 is 21.8 Å². The van der Waals surface area contributed by atoms with Crippen molar-refractivity contribution in [1.29, 1.82) is 0 Å². The van der Waals surface area contributed by atoms with E-state index in [4.69, 9.17) is 0 Å². The molecule has 0 saturated heterocycles. The Balaban J connectivity index is 2.03. The number of nitrogens with one attached hydrogen (secondary N) is 1. The van der Waals surface area contributed by atoms with E-state index in [-0.39, 0.29) is 22.3 Å². The van der Waals surface area contributed by atoms with Gasteiger partial charge in [0.05, 0.1) is 10.4 Å². The SMILES string of the molecule is CC(C)n1cc(S(=O)(=O)Nc2cccc(C(F)(F)F)c2)c(-c2cccs2)n1. The van der Waals surface area contributed by atoms with Crippen LogP contribution in [0.15, 0.2) is 52.9 Å². The molecule has 5 nitrogen and oxygen atoms in total. The van der Waals surface area contributed by atoms with Crippen LogP contribution in [0.2, 0.25) is 0 Å². The minimum absolute atomic E-state index is 0.0822. The Bertz CT molecular complexity index is 1040. The van der Waals surface area contributed by atoms with Gasteiger partial charge < -0.3 is 0 Å². The molecule has 0 atom stereocenters. The number of nitrogens with zero attached hydrogens (tertiary/aromatic N) is 2. The summed E-state index contributed by atoms with van der Waals surface area (Å²) in [7, 11) is -4.14. The van der Waals surface area contributed by atoms with Crippen molar-refractivity contribution >= 4 is 27.0 Å². The molecule has 1 N–H and O–H groups in total. The fourth-order valence-electron chi connectivity index (χ4n) is 2.39. The Morgan fingerprint density at radius 2 is 1.93 bits per heavy atom. The molecule has 0 aliphatic carbocycles. The second-order valence-corrected chi connectivity index (χ2v) is 8.68. The van der Waals surface area contributed by atoms with Crippen molar-refractivity contribution in [1.82, 2.24) is 9.78 Å². The van der Waals surface area contributed by atoms with Crippen molar-refractivity contribution in [3.8, 4) is 10.6 Å². The molecule has 3 rings (SSSR count). The van der Waals surface area contributed by atoms with Crippen LogP contribution in [-0.4, -0.2) is 18.2 Å². The first-order valence-electron chi connectivity index (χ1n) is 7.91. The highest BCUT2D eigenvalue weighted by molar-refractivity contribution is 7.92. The van der Waals surface area contributed by atoms with Gasteiger partial charge in [0.1, 0.15) is 10.6 Å². The summed E-state index contributed by atoms with van der Waals surface area (Å²) in [5, 5.41) is 6.14. The van der Waals surface area contributed by atoms with Crippen molar-refractivity contribution in [2.75, 3.05) is 4.72 Å². The van der Waals surface area contributed by atoms with E-state index in [2.05, 4.69) is 9.82 Å². The molecule has 10 heteroatoms. The molecule has 27 heavy (non-hydrogen) atoms. The van der Waals surface area contributed by atoms with Gasteiger partial charge in [-0.25, -0.2) is 8.42 Å². The first kappa shape index (κ1) is 19.4. The van der Waals surface area contributed by atoms with Gasteiger partial charge in [0, 0.05) is 17.9 Å². The zero-order valence-electron chi connectivity index (χ0n) is 14.4. The molecule has 0 amide bonds. The number of aromatic nitrogens is 2. The third kappa shape index (κ3) is 4.16. The van der Waals surface area contributed by atoms with Crippen LogP contribution in [0.25, 0.3) is 10.6 Å². The molecule has 0 aliphatic rings. The lowest BCUT2D eigenvalue weighted by molar-refractivity contribution is -0.137. The van der Waals surface area contributed by atoms with E-state index in [0.717, 1.165) is 18.2 Å². The summed E-state index contributed by atoms with van der Waals surface area (Å²) in [6.07, 6.45) is -3.18. The van der Waals surface area contributed by atoms with Crippen molar-refractivity contribution < 1.29 is 21.6 Å². The molecule has 0 saturated carbocycles. The molecular weight excluding hydrogens is 399 g/mol. The topological polar surface area (TPSA) is 64.0 Å². The molecule has 0 aliphatic heterocycles. The summed E-state index contributed by atoms with van der Waals surface area (Å²) in [6.45, 7) is 3.70. The maximum Gasteiger partial charge on any atom is 0.416 e. The quantitative estimate of drug-likeness (QED) is 0.637. The second-order valence-electron chi connectivity index (χ2n) is 6.08. The number of thiophene rings is 1. The van der Waals surface area contributed by atoms with E-state index in [0.29, 0.717) is 4.88 Å². The Morgan fingerprint density at radius 3 is 2.52 bits per heavy atom. The molecule has 0 spiro atoms. The van der Waals surface area contributed by atoms with Gasteiger partial charge in [0.15, 0.2) is 0 Å². The second kappa shape index (κ2) is 7.01. The molecule has 0 fully saturated rings. The average Bonchev–Trinajstić information content (AvgIpc) is 3.23. The molecule has 0 radical (unpaired) electrons. The zero-order chi connectivity index (χ0) is 19.8. The maximum atomic E-state index is 12.9. The van der Waals surface area contributed by atoms with Crippen LogP contribution in [0.5, 0.6) is 0 Å². The molecule has 2 heterocycles. The number of hydrogen-bond donors (Lipinski definition) is 1. The van der Waals surface area contributed by atoms with Crippen molar-refractivity contribution in [3.63, 3.8) is 0 Å². The lowest BCUT2D eigenvalue weighted by atomic mass is 10.2. The van der Waals surface area contributed by atoms with E-state index in [1.54, 1.807) is 17.5 Å². The number of hydrogen-bond acceptors (Lipinski definition) is 4. The molecule has 144 valence electrons.